The van der Waals surface area contributed by atoms with Crippen molar-refractivity contribution in [2.75, 3.05) is 17.5 Å². The smallest absolute Gasteiger partial charge is 0.201 e. The topological polar surface area (TPSA) is 111 Å². The van der Waals surface area contributed by atoms with Crippen LogP contribution < -0.4 is 4.72 Å². The first-order valence-electron chi connectivity index (χ1n) is 9.84. The minimum atomic E-state index is -1.58. The molecule has 0 fully saturated rings. The summed E-state index contributed by atoms with van der Waals surface area (Å²) < 4.78 is 44.3. The first-order valence-corrected chi connectivity index (χ1v) is 11.2. The lowest BCUT2D eigenvalue weighted by atomic mass is 9.98. The number of nitrogens with one attached hydrogen (secondary N) is 3. The zero-order valence-electron chi connectivity index (χ0n) is 17.8. The number of carbonyl (C=O) groups is 1. The molecule has 0 radical (unpaired) electrons. The van der Waals surface area contributed by atoms with Crippen molar-refractivity contribution in [3.05, 3.63) is 58.9 Å². The Morgan fingerprint density at radius 3 is 2.78 bits per heavy atom. The zero-order valence-corrected chi connectivity index (χ0v) is 18.6. The van der Waals surface area contributed by atoms with Gasteiger partial charge in [0.15, 0.2) is 5.82 Å². The fraction of sp³-hybridized carbons (Fsp3) is 0.273. The van der Waals surface area contributed by atoms with E-state index >= 15 is 4.39 Å². The van der Waals surface area contributed by atoms with E-state index in [0.717, 1.165) is 12.1 Å². The molecule has 7 nitrogen and oxygen atoms in total. The number of halogens is 2. The van der Waals surface area contributed by atoms with Gasteiger partial charge in [-0.15, -0.1) is 0 Å². The van der Waals surface area contributed by atoms with Gasteiger partial charge in [0, 0.05) is 48.6 Å². The molecule has 2 heterocycles. The number of H-pyrrole nitrogens is 1. The predicted octanol–water partition coefficient (Wildman–Crippen LogP) is 4.24. The second kappa shape index (κ2) is 9.90. The summed E-state index contributed by atoms with van der Waals surface area (Å²) in [5.41, 5.74) is 0.0383. The summed E-state index contributed by atoms with van der Waals surface area (Å²) in [6.07, 6.45) is 5.61. The molecule has 0 aliphatic heterocycles. The summed E-state index contributed by atoms with van der Waals surface area (Å²) in [5, 5.41) is 7.94. The highest BCUT2D eigenvalue weighted by molar-refractivity contribution is 7.86. The molecule has 2 atom stereocenters. The summed E-state index contributed by atoms with van der Waals surface area (Å²) in [4.78, 5) is 24.1. The van der Waals surface area contributed by atoms with Gasteiger partial charge in [0.1, 0.15) is 22.5 Å². The van der Waals surface area contributed by atoms with E-state index in [-0.39, 0.29) is 22.9 Å². The van der Waals surface area contributed by atoms with E-state index in [0.29, 0.717) is 16.6 Å². The molecule has 10 heteroatoms. The molecule has 0 aliphatic rings. The highest BCUT2D eigenvalue weighted by Gasteiger charge is 2.25. The van der Waals surface area contributed by atoms with Gasteiger partial charge in [0.25, 0.3) is 0 Å². The highest BCUT2D eigenvalue weighted by atomic mass is 32.2. The van der Waals surface area contributed by atoms with Crippen molar-refractivity contribution in [3.8, 4) is 0 Å². The Morgan fingerprint density at radius 1 is 1.38 bits per heavy atom. The van der Waals surface area contributed by atoms with Gasteiger partial charge >= 0.3 is 0 Å². The zero-order chi connectivity index (χ0) is 23.4. The molecule has 0 amide bonds. The van der Waals surface area contributed by atoms with E-state index in [2.05, 4.69) is 19.7 Å². The summed E-state index contributed by atoms with van der Waals surface area (Å²) in [6.45, 7) is 3.73. The Labute approximate surface area is 186 Å². The quantitative estimate of drug-likeness (QED) is 0.329. The molecule has 3 rings (SSSR count). The largest absolute Gasteiger partial charge is 0.345 e. The number of benzene rings is 1. The van der Waals surface area contributed by atoms with Crippen LogP contribution in [0.4, 0.5) is 14.5 Å². The van der Waals surface area contributed by atoms with E-state index in [1.54, 1.807) is 25.5 Å². The molecule has 168 valence electrons. The van der Waals surface area contributed by atoms with Gasteiger partial charge in [0.05, 0.1) is 17.2 Å². The van der Waals surface area contributed by atoms with Crippen molar-refractivity contribution in [3.63, 3.8) is 0 Å². The van der Waals surface area contributed by atoms with Crippen LogP contribution in [0.15, 0.2) is 35.6 Å². The second-order valence-electron chi connectivity index (χ2n) is 7.59. The van der Waals surface area contributed by atoms with Gasteiger partial charge in [-0.2, -0.15) is 0 Å². The number of anilines is 1. The van der Waals surface area contributed by atoms with Crippen molar-refractivity contribution < 1.29 is 17.8 Å². The molecule has 0 saturated carbocycles. The van der Waals surface area contributed by atoms with Crippen molar-refractivity contribution >= 4 is 45.9 Å². The Bertz CT molecular complexity index is 1220. The van der Waals surface area contributed by atoms with E-state index in [9.17, 15) is 13.4 Å². The molecule has 0 spiro atoms. The number of nitrogens with zero attached hydrogens (tertiary/aromatic N) is 2. The minimum Gasteiger partial charge on any atom is -0.345 e. The van der Waals surface area contributed by atoms with Crippen LogP contribution in [0.1, 0.15) is 41.3 Å². The molecule has 3 N–H and O–H groups in total. The fourth-order valence-corrected chi connectivity index (χ4v) is 4.31. The van der Waals surface area contributed by atoms with Gasteiger partial charge < -0.3 is 15.1 Å². The molecule has 0 bridgehead atoms. The van der Waals surface area contributed by atoms with E-state index in [1.165, 1.54) is 12.4 Å². The van der Waals surface area contributed by atoms with Crippen LogP contribution in [-0.4, -0.2) is 45.2 Å². The van der Waals surface area contributed by atoms with Gasteiger partial charge in [0.2, 0.25) is 5.78 Å². The number of carbonyl (C=O) groups excluding carboxylic acids is 1. The van der Waals surface area contributed by atoms with E-state index < -0.39 is 39.9 Å². The maximum atomic E-state index is 15.1. The molecule has 0 saturated heterocycles. The summed E-state index contributed by atoms with van der Waals surface area (Å²) in [7, 11) is -0.00576. The third-order valence-corrected chi connectivity index (χ3v) is 6.11. The number of aromatic nitrogens is 2. The number of fused-ring (bicyclic) bond motifs is 1. The molecule has 0 aliphatic carbocycles. The monoisotopic (exact) mass is 459 g/mol. The lowest BCUT2D eigenvalue weighted by Crippen LogP contribution is -2.16. The van der Waals surface area contributed by atoms with Gasteiger partial charge in [-0.05, 0) is 29.7 Å². The third-order valence-electron chi connectivity index (χ3n) is 4.70. The lowest BCUT2D eigenvalue weighted by Gasteiger charge is -2.12. The molecule has 32 heavy (non-hydrogen) atoms. The average molecular weight is 460 g/mol. The van der Waals surface area contributed by atoms with Gasteiger partial charge in [-0.25, -0.2) is 18.0 Å². The minimum absolute atomic E-state index is 0.0322. The van der Waals surface area contributed by atoms with Gasteiger partial charge in [-0.1, -0.05) is 13.8 Å². The summed E-state index contributed by atoms with van der Waals surface area (Å²) >= 11 is 0. The molecule has 2 aromatic heterocycles. The van der Waals surface area contributed by atoms with Crippen LogP contribution in [0.25, 0.3) is 11.0 Å². The molecule has 3 aromatic rings. The lowest BCUT2D eigenvalue weighted by molar-refractivity contribution is 0.103. The van der Waals surface area contributed by atoms with Crippen LogP contribution in [0.3, 0.4) is 0 Å². The van der Waals surface area contributed by atoms with E-state index in [1.807, 2.05) is 13.8 Å². The number of hydrogen-bond donors (Lipinski definition) is 3. The number of rotatable bonds is 9. The van der Waals surface area contributed by atoms with Crippen LogP contribution in [0.2, 0.25) is 0 Å². The number of pyridine rings is 1. The van der Waals surface area contributed by atoms with Crippen LogP contribution in [-0.2, 0) is 11.0 Å². The number of aromatic amines is 1. The maximum Gasteiger partial charge on any atom is 0.201 e. The van der Waals surface area contributed by atoms with Crippen LogP contribution in [0, 0.1) is 23.0 Å². The Morgan fingerprint density at radius 2 is 2.12 bits per heavy atom. The van der Waals surface area contributed by atoms with Crippen molar-refractivity contribution in [1.29, 1.82) is 5.41 Å². The first-order chi connectivity index (χ1) is 15.3. The summed E-state index contributed by atoms with van der Waals surface area (Å²) in [6, 6.07) is 3.72. The average Bonchev–Trinajstić information content (AvgIpc) is 3.16. The van der Waals surface area contributed by atoms with Crippen molar-refractivity contribution in [1.82, 2.24) is 9.97 Å². The Kier molecular flexibility index (Phi) is 7.24. The van der Waals surface area contributed by atoms with Crippen LogP contribution >= 0.6 is 0 Å². The predicted molar refractivity (Wildman–Crippen MR) is 123 cm³/mol. The van der Waals surface area contributed by atoms with Crippen LogP contribution in [0.5, 0.6) is 0 Å². The Balaban J connectivity index is 2.04. The second-order valence-corrected chi connectivity index (χ2v) is 8.82. The number of hydrogen-bond acceptors (Lipinski definition) is 5. The van der Waals surface area contributed by atoms with Gasteiger partial charge in [-0.3, -0.25) is 9.79 Å². The Hall–Kier alpha value is -3.27. The highest BCUT2D eigenvalue weighted by Crippen LogP contribution is 2.28. The molecular weight excluding hydrogens is 436 g/mol. The summed E-state index contributed by atoms with van der Waals surface area (Å²) in [5.74, 6) is -3.09. The first kappa shape index (κ1) is 23.4. The standard InChI is InChI=1S/C22H23F2N5O2S/c1-12(2)11-32(31)29-18-5-4-17(23)19(20(18)24)21(30)16-10-28-22-15(16)6-13(9-27-22)14(7-25)8-26-3/h4-10,12,14,25,29H,11H2,1-3H3,(H,27,28). The van der Waals surface area contributed by atoms with Crippen molar-refractivity contribution in [2.45, 2.75) is 19.8 Å². The fourth-order valence-electron chi connectivity index (χ4n) is 3.22. The maximum absolute atomic E-state index is 15.1. The third kappa shape index (κ3) is 4.80. The number of aliphatic imine (C=N–C) groups is 1. The normalized spacial score (nSPS) is 13.6. The number of ketones is 1. The molecule has 1 aromatic carbocycles. The van der Waals surface area contributed by atoms with Crippen molar-refractivity contribution in [2.24, 2.45) is 10.9 Å². The SMILES string of the molecule is CN=CC(C=N)c1cnc2[nH]cc(C(=O)c3c(F)ccc(NS(=O)CC(C)C)c3F)c2c1. The van der Waals surface area contributed by atoms with E-state index in [4.69, 9.17) is 5.41 Å². The molecule has 2 unspecified atom stereocenters. The molecular formula is C22H23F2N5O2S.